The Kier molecular flexibility index (Phi) is 9.27. The van der Waals surface area contributed by atoms with Crippen LogP contribution < -0.4 is 4.90 Å². The summed E-state index contributed by atoms with van der Waals surface area (Å²) in [5.41, 5.74) is -0.625. The lowest BCUT2D eigenvalue weighted by molar-refractivity contribution is -0.125. The lowest BCUT2D eigenvalue weighted by Gasteiger charge is -2.42. The molecule has 0 saturated heterocycles. The average Bonchev–Trinajstić information content (AvgIpc) is 3.53. The van der Waals surface area contributed by atoms with E-state index in [9.17, 15) is 19.8 Å². The number of ether oxygens (including phenoxy) is 1. The minimum Gasteiger partial charge on any atom is -0.477 e. The van der Waals surface area contributed by atoms with Gasteiger partial charge < -0.3 is 19.8 Å². The third-order valence-corrected chi connectivity index (χ3v) is 9.50. The van der Waals surface area contributed by atoms with Crippen LogP contribution >= 0.6 is 11.3 Å². The van der Waals surface area contributed by atoms with Gasteiger partial charge in [-0.25, -0.2) is 4.79 Å². The number of carboxylic acids is 1. The van der Waals surface area contributed by atoms with Crippen LogP contribution in [-0.2, 0) is 9.53 Å². The van der Waals surface area contributed by atoms with E-state index in [0.717, 1.165) is 49.9 Å². The fourth-order valence-electron chi connectivity index (χ4n) is 6.09. The molecule has 38 heavy (non-hydrogen) atoms. The second kappa shape index (κ2) is 12.1. The predicted octanol–water partition coefficient (Wildman–Crippen LogP) is 6.64. The van der Waals surface area contributed by atoms with Crippen molar-refractivity contribution in [3.63, 3.8) is 0 Å². The summed E-state index contributed by atoms with van der Waals surface area (Å²) in [4.78, 5) is 29.1. The number of nitrogens with zero attached hydrogens (tertiary/aromatic N) is 1. The first-order valence-electron chi connectivity index (χ1n) is 14.5. The Morgan fingerprint density at radius 1 is 1.08 bits per heavy atom. The molecule has 3 aliphatic rings. The number of hydrogen-bond donors (Lipinski definition) is 2. The van der Waals surface area contributed by atoms with Gasteiger partial charge in [0.1, 0.15) is 4.88 Å². The Morgan fingerprint density at radius 2 is 1.71 bits per heavy atom. The van der Waals surface area contributed by atoms with Crippen molar-refractivity contribution in [1.29, 1.82) is 0 Å². The van der Waals surface area contributed by atoms with Gasteiger partial charge in [-0.1, -0.05) is 31.6 Å². The van der Waals surface area contributed by atoms with Crippen LogP contribution in [0.5, 0.6) is 0 Å². The van der Waals surface area contributed by atoms with E-state index in [1.54, 1.807) is 11.0 Å². The molecule has 0 unspecified atom stereocenters. The molecule has 3 saturated carbocycles. The van der Waals surface area contributed by atoms with Crippen molar-refractivity contribution in [3.8, 4) is 11.8 Å². The summed E-state index contributed by atoms with van der Waals surface area (Å²) in [5.74, 6) is 5.88. The Labute approximate surface area is 232 Å². The molecular weight excluding hydrogens is 498 g/mol. The highest BCUT2D eigenvalue weighted by Crippen LogP contribution is 2.40. The molecule has 210 valence electrons. The maximum atomic E-state index is 14.1. The van der Waals surface area contributed by atoms with Gasteiger partial charge in [0.2, 0.25) is 5.91 Å². The molecule has 0 radical (unpaired) electrons. The standard InChI is InChI=1S/C31H45NO5S/c1-21-9-11-22(12-10-21)28(33)32(26-19-25(15-16-30(2,3)4)38-27(26)29(34)35)23-13-17-31(36,18-14-23)20-37-24-7-5-6-8-24/h19,21-24,36H,5-14,17-18,20H2,1-4H3,(H,34,35). The quantitative estimate of drug-likeness (QED) is 0.377. The van der Waals surface area contributed by atoms with Gasteiger partial charge in [-0.2, -0.15) is 0 Å². The van der Waals surface area contributed by atoms with Crippen LogP contribution in [-0.4, -0.2) is 46.4 Å². The van der Waals surface area contributed by atoms with Crippen LogP contribution in [0.2, 0.25) is 0 Å². The maximum Gasteiger partial charge on any atom is 0.348 e. The number of carbonyl (C=O) groups is 2. The van der Waals surface area contributed by atoms with Crippen LogP contribution in [0.15, 0.2) is 6.07 Å². The monoisotopic (exact) mass is 543 g/mol. The lowest BCUT2D eigenvalue weighted by Crippen LogP contribution is -2.50. The first-order chi connectivity index (χ1) is 17.9. The maximum absolute atomic E-state index is 14.1. The number of rotatable bonds is 7. The number of anilines is 1. The van der Waals surface area contributed by atoms with Crippen molar-refractivity contribution in [2.24, 2.45) is 17.3 Å². The van der Waals surface area contributed by atoms with Gasteiger partial charge in [0.15, 0.2) is 0 Å². The number of carbonyl (C=O) groups excluding carboxylic acids is 1. The summed E-state index contributed by atoms with van der Waals surface area (Å²) in [6.45, 7) is 8.63. The first kappa shape index (κ1) is 29.1. The first-order valence-corrected chi connectivity index (χ1v) is 15.3. The van der Waals surface area contributed by atoms with Crippen molar-refractivity contribution in [2.45, 2.75) is 122 Å². The van der Waals surface area contributed by atoms with Crippen molar-refractivity contribution >= 4 is 28.9 Å². The Morgan fingerprint density at radius 3 is 2.29 bits per heavy atom. The lowest BCUT2D eigenvalue weighted by atomic mass is 9.79. The van der Waals surface area contributed by atoms with Crippen LogP contribution in [0.3, 0.4) is 0 Å². The number of thiophene rings is 1. The van der Waals surface area contributed by atoms with Crippen LogP contribution in [0.1, 0.15) is 119 Å². The summed E-state index contributed by atoms with van der Waals surface area (Å²) in [5, 5.41) is 21.4. The second-order valence-electron chi connectivity index (χ2n) is 13.0. The topological polar surface area (TPSA) is 87.1 Å². The largest absolute Gasteiger partial charge is 0.477 e. The van der Waals surface area contributed by atoms with Crippen molar-refractivity contribution < 1.29 is 24.5 Å². The zero-order chi connectivity index (χ0) is 27.5. The van der Waals surface area contributed by atoms with E-state index in [2.05, 4.69) is 18.8 Å². The third-order valence-electron chi connectivity index (χ3n) is 8.47. The number of hydrogen-bond acceptors (Lipinski definition) is 5. The van der Waals surface area contributed by atoms with E-state index in [4.69, 9.17) is 4.74 Å². The Balaban J connectivity index is 1.58. The SMILES string of the molecule is CC1CCC(C(=O)N(c2cc(C#CC(C)(C)C)sc2C(=O)O)C2CCC(O)(COC3CCCC3)CC2)CC1. The van der Waals surface area contributed by atoms with Gasteiger partial charge in [-0.3, -0.25) is 4.79 Å². The Bertz CT molecular complexity index is 1040. The van der Waals surface area contributed by atoms with E-state index in [1.807, 2.05) is 20.8 Å². The number of carboxylic acid groups (broad SMARTS) is 1. The summed E-state index contributed by atoms with van der Waals surface area (Å²) < 4.78 is 6.06. The van der Waals surface area contributed by atoms with Gasteiger partial charge in [-0.05, 0) is 97.0 Å². The third kappa shape index (κ3) is 7.40. The summed E-state index contributed by atoms with van der Waals surface area (Å²) in [7, 11) is 0. The predicted molar refractivity (Wildman–Crippen MR) is 152 cm³/mol. The zero-order valence-electron chi connectivity index (χ0n) is 23.6. The van der Waals surface area contributed by atoms with Gasteiger partial charge in [-0.15, -0.1) is 11.3 Å². The van der Waals surface area contributed by atoms with E-state index in [0.29, 0.717) is 48.8 Å². The summed E-state index contributed by atoms with van der Waals surface area (Å²) in [6.07, 6.45) is 10.8. The molecule has 0 atom stereocenters. The molecule has 6 nitrogen and oxygen atoms in total. The fraction of sp³-hybridized carbons (Fsp3) is 0.742. The highest BCUT2D eigenvalue weighted by atomic mass is 32.1. The Hall–Kier alpha value is -1.88. The van der Waals surface area contributed by atoms with E-state index in [1.165, 1.54) is 12.8 Å². The average molecular weight is 544 g/mol. The molecule has 2 N–H and O–H groups in total. The fourth-order valence-corrected chi connectivity index (χ4v) is 6.94. The van der Waals surface area contributed by atoms with Gasteiger partial charge in [0.05, 0.1) is 28.9 Å². The molecule has 7 heteroatoms. The molecule has 1 aromatic heterocycles. The van der Waals surface area contributed by atoms with Gasteiger partial charge in [0.25, 0.3) is 0 Å². The van der Waals surface area contributed by atoms with Crippen molar-refractivity contribution in [1.82, 2.24) is 0 Å². The van der Waals surface area contributed by atoms with E-state index >= 15 is 0 Å². The minimum absolute atomic E-state index is 0.0326. The van der Waals surface area contributed by atoms with Crippen LogP contribution in [0, 0.1) is 29.1 Å². The smallest absolute Gasteiger partial charge is 0.348 e. The molecule has 0 bridgehead atoms. The summed E-state index contributed by atoms with van der Waals surface area (Å²) in [6, 6.07) is 1.66. The molecular formula is C31H45NO5S. The van der Waals surface area contributed by atoms with E-state index in [-0.39, 0.29) is 34.3 Å². The van der Waals surface area contributed by atoms with Crippen LogP contribution in [0.25, 0.3) is 0 Å². The molecule has 4 rings (SSSR count). The molecule has 0 aromatic carbocycles. The zero-order valence-corrected chi connectivity index (χ0v) is 24.4. The normalized spacial score (nSPS) is 28.5. The summed E-state index contributed by atoms with van der Waals surface area (Å²) >= 11 is 1.15. The second-order valence-corrected chi connectivity index (χ2v) is 14.0. The van der Waals surface area contributed by atoms with Crippen molar-refractivity contribution in [2.75, 3.05) is 11.5 Å². The highest BCUT2D eigenvalue weighted by molar-refractivity contribution is 7.15. The molecule has 0 spiro atoms. The van der Waals surface area contributed by atoms with Crippen LogP contribution in [0.4, 0.5) is 5.69 Å². The minimum atomic E-state index is -1.03. The van der Waals surface area contributed by atoms with E-state index < -0.39 is 11.6 Å². The molecule has 3 fully saturated rings. The molecule has 1 amide bonds. The molecule has 0 aliphatic heterocycles. The number of amides is 1. The molecule has 1 aromatic rings. The number of aliphatic hydroxyl groups is 1. The molecule has 3 aliphatic carbocycles. The van der Waals surface area contributed by atoms with Gasteiger partial charge >= 0.3 is 5.97 Å². The van der Waals surface area contributed by atoms with Crippen molar-refractivity contribution in [3.05, 3.63) is 15.8 Å². The molecule has 1 heterocycles. The highest BCUT2D eigenvalue weighted by Gasteiger charge is 2.41. The van der Waals surface area contributed by atoms with Gasteiger partial charge in [0, 0.05) is 17.4 Å². The number of aromatic carboxylic acids is 1.